The van der Waals surface area contributed by atoms with Crippen LogP contribution in [-0.2, 0) is 6.54 Å². The van der Waals surface area contributed by atoms with Gasteiger partial charge in [-0.1, -0.05) is 0 Å². The van der Waals surface area contributed by atoms with E-state index >= 15 is 0 Å². The van der Waals surface area contributed by atoms with Crippen molar-refractivity contribution >= 4 is 0 Å². The van der Waals surface area contributed by atoms with Gasteiger partial charge in [0.15, 0.2) is 0 Å². The number of halogens is 1. The van der Waals surface area contributed by atoms with Crippen LogP contribution in [0.25, 0.3) is 0 Å². The topological polar surface area (TPSA) is 48.1 Å². The lowest BCUT2D eigenvalue weighted by Crippen LogP contribution is -2.07. The Morgan fingerprint density at radius 2 is 2.31 bits per heavy atom. The van der Waals surface area contributed by atoms with Crippen LogP contribution in [0.5, 0.6) is 5.75 Å². The molecular formula is C9H13FN2O. The van der Waals surface area contributed by atoms with Crippen molar-refractivity contribution in [3.8, 4) is 5.75 Å². The van der Waals surface area contributed by atoms with Gasteiger partial charge in [-0.15, -0.1) is 0 Å². The van der Waals surface area contributed by atoms with Gasteiger partial charge in [-0.25, -0.2) is 4.39 Å². The van der Waals surface area contributed by atoms with Crippen LogP contribution in [0.4, 0.5) is 4.39 Å². The number of aryl methyl sites for hydroxylation is 1. The Morgan fingerprint density at radius 3 is 2.92 bits per heavy atom. The molecule has 1 aromatic rings. The molecule has 0 radical (unpaired) electrons. The zero-order chi connectivity index (χ0) is 9.68. The minimum atomic E-state index is -0.502. The van der Waals surface area contributed by atoms with Crippen molar-refractivity contribution in [1.82, 2.24) is 4.98 Å². The second-order valence-corrected chi connectivity index (χ2v) is 2.64. The van der Waals surface area contributed by atoms with Crippen molar-refractivity contribution in [3.63, 3.8) is 0 Å². The number of hydrogen-bond donors (Lipinski definition) is 1. The fourth-order valence-corrected chi connectivity index (χ4v) is 1.02. The number of rotatable bonds is 4. The van der Waals surface area contributed by atoms with Gasteiger partial charge in [0.2, 0.25) is 0 Å². The Morgan fingerprint density at radius 1 is 1.54 bits per heavy atom. The number of alkyl halides is 1. The van der Waals surface area contributed by atoms with Gasteiger partial charge in [-0.3, -0.25) is 4.98 Å². The number of nitrogens with zero attached hydrogens (tertiary/aromatic N) is 1. The van der Waals surface area contributed by atoms with Gasteiger partial charge >= 0.3 is 0 Å². The maximum Gasteiger partial charge on any atom is 0.142 e. The summed E-state index contributed by atoms with van der Waals surface area (Å²) in [6.07, 6.45) is 0. The lowest BCUT2D eigenvalue weighted by Gasteiger charge is -2.08. The highest BCUT2D eigenvalue weighted by atomic mass is 19.1. The summed E-state index contributed by atoms with van der Waals surface area (Å²) in [6.45, 7) is 1.73. The summed E-state index contributed by atoms with van der Waals surface area (Å²) < 4.78 is 16.9. The third-order valence-electron chi connectivity index (χ3n) is 1.60. The van der Waals surface area contributed by atoms with Gasteiger partial charge in [0, 0.05) is 12.2 Å². The first kappa shape index (κ1) is 9.92. The lowest BCUT2D eigenvalue weighted by molar-refractivity contribution is 0.270. The molecule has 1 rings (SSSR count). The second kappa shape index (κ2) is 4.77. The van der Waals surface area contributed by atoms with E-state index in [0.717, 1.165) is 5.69 Å². The zero-order valence-electron chi connectivity index (χ0n) is 7.59. The zero-order valence-corrected chi connectivity index (χ0v) is 7.59. The second-order valence-electron chi connectivity index (χ2n) is 2.64. The van der Waals surface area contributed by atoms with Crippen LogP contribution in [-0.4, -0.2) is 18.3 Å². The van der Waals surface area contributed by atoms with Gasteiger partial charge < -0.3 is 10.5 Å². The summed E-state index contributed by atoms with van der Waals surface area (Å²) in [5.74, 6) is 0.575. The minimum Gasteiger partial charge on any atom is -0.489 e. The number of nitrogens with two attached hydrogens (primary N) is 1. The van der Waals surface area contributed by atoms with Crippen LogP contribution in [0.3, 0.4) is 0 Å². The molecule has 72 valence electrons. The highest BCUT2D eigenvalue weighted by Crippen LogP contribution is 2.15. The Balaban J connectivity index is 2.79. The Labute approximate surface area is 76.7 Å². The SMILES string of the molecule is Cc1ccc(OCCF)c(CN)n1. The number of aromatic nitrogens is 1. The van der Waals surface area contributed by atoms with E-state index in [1.807, 2.05) is 13.0 Å². The van der Waals surface area contributed by atoms with Crippen molar-refractivity contribution in [2.24, 2.45) is 5.73 Å². The van der Waals surface area contributed by atoms with Gasteiger partial charge in [0.05, 0.1) is 5.69 Å². The minimum absolute atomic E-state index is 0.0533. The van der Waals surface area contributed by atoms with E-state index in [1.54, 1.807) is 6.07 Å². The molecule has 0 saturated carbocycles. The molecule has 0 aromatic carbocycles. The molecule has 0 bridgehead atoms. The standard InChI is InChI=1S/C9H13FN2O/c1-7-2-3-9(13-5-4-10)8(6-11)12-7/h2-3H,4-6,11H2,1H3. The van der Waals surface area contributed by atoms with Crippen LogP contribution < -0.4 is 10.5 Å². The predicted octanol–water partition coefficient (Wildman–Crippen LogP) is 1.20. The van der Waals surface area contributed by atoms with Gasteiger partial charge in [-0.2, -0.15) is 0 Å². The van der Waals surface area contributed by atoms with E-state index in [0.29, 0.717) is 18.0 Å². The summed E-state index contributed by atoms with van der Waals surface area (Å²) in [5, 5.41) is 0. The molecule has 13 heavy (non-hydrogen) atoms. The van der Waals surface area contributed by atoms with Crippen molar-refractivity contribution in [2.75, 3.05) is 13.3 Å². The van der Waals surface area contributed by atoms with Crippen molar-refractivity contribution in [3.05, 3.63) is 23.5 Å². The summed E-state index contributed by atoms with van der Waals surface area (Å²) in [5.41, 5.74) is 7.01. The smallest absolute Gasteiger partial charge is 0.142 e. The molecule has 0 aliphatic rings. The maximum absolute atomic E-state index is 11.8. The number of hydrogen-bond acceptors (Lipinski definition) is 3. The molecule has 1 heterocycles. The third-order valence-corrected chi connectivity index (χ3v) is 1.60. The average molecular weight is 184 g/mol. The van der Waals surface area contributed by atoms with Gasteiger partial charge in [-0.05, 0) is 19.1 Å². The first-order valence-corrected chi connectivity index (χ1v) is 4.13. The summed E-state index contributed by atoms with van der Waals surface area (Å²) >= 11 is 0. The van der Waals surface area contributed by atoms with Crippen molar-refractivity contribution in [1.29, 1.82) is 0 Å². The molecule has 1 aromatic heterocycles. The summed E-state index contributed by atoms with van der Waals surface area (Å²) in [7, 11) is 0. The van der Waals surface area contributed by atoms with Gasteiger partial charge in [0.1, 0.15) is 19.0 Å². The Bertz CT molecular complexity index is 278. The van der Waals surface area contributed by atoms with Crippen LogP contribution in [0, 0.1) is 6.92 Å². The van der Waals surface area contributed by atoms with Crippen LogP contribution in [0.2, 0.25) is 0 Å². The van der Waals surface area contributed by atoms with E-state index in [4.69, 9.17) is 10.5 Å². The molecule has 4 heteroatoms. The van der Waals surface area contributed by atoms with Crippen LogP contribution in [0.1, 0.15) is 11.4 Å². The predicted molar refractivity (Wildman–Crippen MR) is 48.3 cm³/mol. The van der Waals surface area contributed by atoms with E-state index < -0.39 is 6.67 Å². The number of ether oxygens (including phenoxy) is 1. The molecule has 3 nitrogen and oxygen atoms in total. The molecule has 0 fully saturated rings. The molecule has 0 spiro atoms. The largest absolute Gasteiger partial charge is 0.489 e. The van der Waals surface area contributed by atoms with Crippen molar-refractivity contribution in [2.45, 2.75) is 13.5 Å². The Kier molecular flexibility index (Phi) is 3.64. The average Bonchev–Trinajstić information content (AvgIpc) is 2.16. The monoisotopic (exact) mass is 184 g/mol. The van der Waals surface area contributed by atoms with Gasteiger partial charge in [0.25, 0.3) is 0 Å². The van der Waals surface area contributed by atoms with E-state index in [9.17, 15) is 4.39 Å². The molecule has 2 N–H and O–H groups in total. The highest BCUT2D eigenvalue weighted by Gasteiger charge is 2.03. The number of pyridine rings is 1. The molecule has 0 aliphatic carbocycles. The first-order valence-electron chi connectivity index (χ1n) is 4.13. The normalized spacial score (nSPS) is 10.1. The molecular weight excluding hydrogens is 171 g/mol. The van der Waals surface area contributed by atoms with E-state index in [2.05, 4.69) is 4.98 Å². The summed E-state index contributed by atoms with van der Waals surface area (Å²) in [6, 6.07) is 3.58. The van der Waals surface area contributed by atoms with Crippen LogP contribution >= 0.6 is 0 Å². The van der Waals surface area contributed by atoms with Crippen molar-refractivity contribution < 1.29 is 9.13 Å². The highest BCUT2D eigenvalue weighted by molar-refractivity contribution is 5.28. The lowest BCUT2D eigenvalue weighted by atomic mass is 10.3. The third kappa shape index (κ3) is 2.66. The Hall–Kier alpha value is -1.16. The molecule has 0 unspecified atom stereocenters. The van der Waals surface area contributed by atoms with Crippen LogP contribution in [0.15, 0.2) is 12.1 Å². The van der Waals surface area contributed by atoms with E-state index in [-0.39, 0.29) is 6.61 Å². The molecule has 0 amide bonds. The maximum atomic E-state index is 11.8. The molecule has 0 aliphatic heterocycles. The molecule has 0 atom stereocenters. The molecule has 0 saturated heterocycles. The fourth-order valence-electron chi connectivity index (χ4n) is 1.02. The quantitative estimate of drug-likeness (QED) is 0.764. The fraction of sp³-hybridized carbons (Fsp3) is 0.444. The first-order chi connectivity index (χ1) is 6.27. The summed E-state index contributed by atoms with van der Waals surface area (Å²) in [4.78, 5) is 4.17. The van der Waals surface area contributed by atoms with E-state index in [1.165, 1.54) is 0 Å².